The maximum absolute atomic E-state index is 13.2. The average Bonchev–Trinajstić information content (AvgIpc) is 2.80. The summed E-state index contributed by atoms with van der Waals surface area (Å²) in [5, 5.41) is 1.82. The van der Waals surface area contributed by atoms with Gasteiger partial charge in [-0.1, -0.05) is 60.1 Å². The minimum Gasteiger partial charge on any atom is -0.490 e. The van der Waals surface area contributed by atoms with Crippen LogP contribution in [0.25, 0.3) is 10.8 Å². The first kappa shape index (κ1) is 21.9. The van der Waals surface area contributed by atoms with Gasteiger partial charge < -0.3 is 9.47 Å². The Morgan fingerprint density at radius 2 is 1.62 bits per heavy atom. The summed E-state index contributed by atoms with van der Waals surface area (Å²) in [6.45, 7) is 2.12. The Labute approximate surface area is 191 Å². The molecule has 0 unspecified atom stereocenters. The molecule has 4 aromatic rings. The van der Waals surface area contributed by atoms with E-state index in [0.717, 1.165) is 11.1 Å². The number of halogens is 1. The molecule has 1 aromatic heterocycles. The first-order valence-electron chi connectivity index (χ1n) is 9.92. The largest absolute Gasteiger partial charge is 0.490 e. The number of hydrogen-bond donors (Lipinski definition) is 1. The number of ether oxygens (including phenoxy) is 2. The number of hydrogen-bond acceptors (Lipinski definition) is 5. The Morgan fingerprint density at radius 3 is 2.44 bits per heavy atom. The number of rotatable bonds is 8. The molecule has 164 valence electrons. The van der Waals surface area contributed by atoms with E-state index in [-0.39, 0.29) is 29.7 Å². The van der Waals surface area contributed by atoms with Crippen molar-refractivity contribution in [3.63, 3.8) is 0 Å². The molecule has 8 heteroatoms. The van der Waals surface area contributed by atoms with Gasteiger partial charge in [0.25, 0.3) is 10.0 Å². The van der Waals surface area contributed by atoms with Crippen molar-refractivity contribution in [2.24, 2.45) is 0 Å². The molecule has 0 amide bonds. The molecule has 0 atom stereocenters. The van der Waals surface area contributed by atoms with Crippen molar-refractivity contribution in [2.75, 3.05) is 17.9 Å². The quantitative estimate of drug-likeness (QED) is 0.348. The van der Waals surface area contributed by atoms with Crippen LogP contribution in [0.1, 0.15) is 5.56 Å². The number of fused-ring (bicyclic) bond motifs is 1. The topological polar surface area (TPSA) is 77.5 Å². The number of anilines is 1. The minimum atomic E-state index is -3.94. The Kier molecular flexibility index (Phi) is 6.48. The number of pyridine rings is 1. The molecule has 1 heterocycles. The lowest BCUT2D eigenvalue weighted by Gasteiger charge is -2.16. The molecule has 0 bridgehead atoms. The van der Waals surface area contributed by atoms with Crippen LogP contribution in [-0.4, -0.2) is 26.6 Å². The van der Waals surface area contributed by atoms with Crippen LogP contribution in [0.4, 0.5) is 5.69 Å². The van der Waals surface area contributed by atoms with Gasteiger partial charge in [-0.15, -0.1) is 0 Å². The van der Waals surface area contributed by atoms with Gasteiger partial charge in [0.2, 0.25) is 5.88 Å². The highest BCUT2D eigenvalue weighted by atomic mass is 35.5. The first-order chi connectivity index (χ1) is 15.5. The van der Waals surface area contributed by atoms with Crippen LogP contribution in [-0.2, 0) is 10.0 Å². The van der Waals surface area contributed by atoms with Gasteiger partial charge in [-0.05, 0) is 36.8 Å². The second-order valence-electron chi connectivity index (χ2n) is 7.00. The van der Waals surface area contributed by atoms with E-state index < -0.39 is 10.0 Å². The van der Waals surface area contributed by atoms with Crippen LogP contribution >= 0.6 is 11.6 Å². The van der Waals surface area contributed by atoms with E-state index in [1.54, 1.807) is 25.3 Å². The number of aromatic nitrogens is 1. The zero-order chi connectivity index (χ0) is 22.6. The normalized spacial score (nSPS) is 11.3. The first-order valence-corrected chi connectivity index (χ1v) is 11.8. The highest BCUT2D eigenvalue weighted by molar-refractivity contribution is 7.92. The predicted octanol–water partition coefficient (Wildman–Crippen LogP) is 5.46. The van der Waals surface area contributed by atoms with E-state index >= 15 is 0 Å². The molecule has 0 fully saturated rings. The maximum Gasteiger partial charge on any atom is 0.262 e. The maximum atomic E-state index is 13.2. The van der Waals surface area contributed by atoms with Crippen molar-refractivity contribution in [3.05, 3.63) is 89.6 Å². The molecule has 0 aliphatic rings. The Morgan fingerprint density at radius 1 is 0.906 bits per heavy atom. The highest BCUT2D eigenvalue weighted by Crippen LogP contribution is 2.34. The SMILES string of the molecule is Cc1c(Cl)cccc1S(=O)(=O)Nc1c(OCCOc2ccccc2)ncc2ccccc12. The standard InChI is InChI=1S/C24H21ClN2O4S/c1-17-21(25)12-7-13-22(17)32(28,29)27-23-20-11-6-5-8-18(20)16-26-24(23)31-15-14-30-19-9-3-2-4-10-19/h2-13,16,27H,14-15H2,1H3. The van der Waals surface area contributed by atoms with Crippen molar-refractivity contribution >= 4 is 38.1 Å². The van der Waals surface area contributed by atoms with Crippen molar-refractivity contribution < 1.29 is 17.9 Å². The smallest absolute Gasteiger partial charge is 0.262 e. The molecule has 0 spiro atoms. The summed E-state index contributed by atoms with van der Waals surface area (Å²) in [5.74, 6) is 0.892. The van der Waals surface area contributed by atoms with Crippen LogP contribution in [0.3, 0.4) is 0 Å². The molecule has 32 heavy (non-hydrogen) atoms. The van der Waals surface area contributed by atoms with E-state index in [9.17, 15) is 8.42 Å². The third-order valence-corrected chi connectivity index (χ3v) is 6.75. The summed E-state index contributed by atoms with van der Waals surface area (Å²) in [5.41, 5.74) is 0.732. The van der Waals surface area contributed by atoms with Gasteiger partial charge in [-0.25, -0.2) is 13.4 Å². The van der Waals surface area contributed by atoms with E-state index in [1.165, 1.54) is 6.07 Å². The third kappa shape index (κ3) is 4.79. The monoisotopic (exact) mass is 468 g/mol. The fourth-order valence-electron chi connectivity index (χ4n) is 3.24. The van der Waals surface area contributed by atoms with E-state index in [1.807, 2.05) is 54.6 Å². The van der Waals surface area contributed by atoms with Gasteiger partial charge in [0, 0.05) is 22.0 Å². The van der Waals surface area contributed by atoms with Crippen LogP contribution in [0, 0.1) is 6.92 Å². The average molecular weight is 469 g/mol. The molecular weight excluding hydrogens is 448 g/mol. The molecule has 0 saturated heterocycles. The lowest BCUT2D eigenvalue weighted by molar-refractivity contribution is 0.213. The molecule has 1 N–H and O–H groups in total. The van der Waals surface area contributed by atoms with Crippen LogP contribution < -0.4 is 14.2 Å². The van der Waals surface area contributed by atoms with Gasteiger partial charge >= 0.3 is 0 Å². The van der Waals surface area contributed by atoms with Gasteiger partial charge in [-0.3, -0.25) is 4.72 Å². The highest BCUT2D eigenvalue weighted by Gasteiger charge is 2.22. The van der Waals surface area contributed by atoms with E-state index in [4.69, 9.17) is 21.1 Å². The molecule has 0 aliphatic heterocycles. The molecule has 6 nitrogen and oxygen atoms in total. The fourth-order valence-corrected chi connectivity index (χ4v) is 4.81. The lowest BCUT2D eigenvalue weighted by atomic mass is 10.1. The molecule has 0 radical (unpaired) electrons. The van der Waals surface area contributed by atoms with Gasteiger partial charge in [0.15, 0.2) is 0 Å². The Bertz CT molecular complexity index is 1340. The summed E-state index contributed by atoms with van der Waals surface area (Å²) in [7, 11) is -3.94. The van der Waals surface area contributed by atoms with Crippen molar-refractivity contribution in [2.45, 2.75) is 11.8 Å². The van der Waals surface area contributed by atoms with E-state index in [0.29, 0.717) is 16.0 Å². The predicted molar refractivity (Wildman–Crippen MR) is 126 cm³/mol. The van der Waals surface area contributed by atoms with Crippen LogP contribution in [0.15, 0.2) is 83.9 Å². The summed E-state index contributed by atoms with van der Waals surface area (Å²) in [6.07, 6.45) is 1.64. The van der Waals surface area contributed by atoms with Gasteiger partial charge in [0.05, 0.1) is 4.90 Å². The zero-order valence-corrected chi connectivity index (χ0v) is 18.9. The lowest BCUT2D eigenvalue weighted by Crippen LogP contribution is -2.17. The number of para-hydroxylation sites is 1. The molecular formula is C24H21ClN2O4S. The zero-order valence-electron chi connectivity index (χ0n) is 17.3. The number of sulfonamides is 1. The Balaban J connectivity index is 1.62. The summed E-state index contributed by atoms with van der Waals surface area (Å²) in [4.78, 5) is 4.43. The second-order valence-corrected chi connectivity index (χ2v) is 9.06. The second kappa shape index (κ2) is 9.46. The van der Waals surface area contributed by atoms with Gasteiger partial charge in [0.1, 0.15) is 24.7 Å². The molecule has 3 aromatic carbocycles. The minimum absolute atomic E-state index is 0.0938. The van der Waals surface area contributed by atoms with Crippen molar-refractivity contribution in [1.82, 2.24) is 4.98 Å². The molecule has 0 aliphatic carbocycles. The van der Waals surface area contributed by atoms with Crippen LogP contribution in [0.5, 0.6) is 11.6 Å². The van der Waals surface area contributed by atoms with Crippen molar-refractivity contribution in [1.29, 1.82) is 0 Å². The van der Waals surface area contributed by atoms with Crippen molar-refractivity contribution in [3.8, 4) is 11.6 Å². The molecule has 4 rings (SSSR count). The van der Waals surface area contributed by atoms with E-state index in [2.05, 4.69) is 9.71 Å². The fraction of sp³-hybridized carbons (Fsp3) is 0.125. The summed E-state index contributed by atoms with van der Waals surface area (Å²) < 4.78 is 40.5. The Hall–Kier alpha value is -3.29. The number of nitrogens with zero attached hydrogens (tertiary/aromatic N) is 1. The number of nitrogens with one attached hydrogen (secondary N) is 1. The third-order valence-electron chi connectivity index (χ3n) is 4.84. The summed E-state index contributed by atoms with van der Waals surface area (Å²) in [6, 6.07) is 21.5. The van der Waals surface area contributed by atoms with Crippen LogP contribution in [0.2, 0.25) is 5.02 Å². The number of benzene rings is 3. The summed E-state index contributed by atoms with van der Waals surface area (Å²) >= 11 is 6.14. The molecule has 0 saturated carbocycles. The van der Waals surface area contributed by atoms with Gasteiger partial charge in [-0.2, -0.15) is 0 Å².